The molecule has 3 rings (SSSR count). The van der Waals surface area contributed by atoms with Gasteiger partial charge >= 0.3 is 6.09 Å². The van der Waals surface area contributed by atoms with Gasteiger partial charge in [0.15, 0.2) is 0 Å². The van der Waals surface area contributed by atoms with Gasteiger partial charge in [0.25, 0.3) is 5.91 Å². The largest absolute Gasteiger partial charge is 0.431 e. The summed E-state index contributed by atoms with van der Waals surface area (Å²) in [5, 5.41) is 6.24. The lowest BCUT2D eigenvalue weighted by atomic mass is 9.94. The number of nitrogens with one attached hydrogen (secondary N) is 2. The summed E-state index contributed by atoms with van der Waals surface area (Å²) in [4.78, 5) is 28.1. The molecule has 6 nitrogen and oxygen atoms in total. The monoisotopic (exact) mass is 471 g/mol. The zero-order valence-corrected chi connectivity index (χ0v) is 20.2. The van der Waals surface area contributed by atoms with Crippen molar-refractivity contribution in [3.63, 3.8) is 0 Å². The third kappa shape index (κ3) is 7.47. The highest BCUT2D eigenvalue weighted by atomic mass is 35.5. The Hall–Kier alpha value is -2.57. The van der Waals surface area contributed by atoms with E-state index >= 15 is 0 Å². The number of amides is 2. The number of anilines is 1. The maximum absolute atomic E-state index is 13.0. The maximum Gasteiger partial charge on any atom is 0.412 e. The first-order valence-corrected chi connectivity index (χ1v) is 12.2. The number of nitrogens with zero attached hydrogens (tertiary/aromatic N) is 1. The van der Waals surface area contributed by atoms with E-state index in [-0.39, 0.29) is 5.91 Å². The van der Waals surface area contributed by atoms with Gasteiger partial charge in [-0.2, -0.15) is 0 Å². The van der Waals surface area contributed by atoms with E-state index in [4.69, 9.17) is 16.3 Å². The number of hydrogen-bond acceptors (Lipinski definition) is 4. The fourth-order valence-corrected chi connectivity index (χ4v) is 4.48. The number of carbonyl (C=O) groups excluding carboxylic acids is 2. The summed E-state index contributed by atoms with van der Waals surface area (Å²) in [6, 6.07) is 16.4. The molecule has 2 amide bonds. The molecule has 0 radical (unpaired) electrons. The molecule has 0 unspecified atom stereocenters. The van der Waals surface area contributed by atoms with Gasteiger partial charge in [0.05, 0.1) is 0 Å². The van der Waals surface area contributed by atoms with Gasteiger partial charge in [0.2, 0.25) is 6.10 Å². The molecule has 2 aromatic carbocycles. The van der Waals surface area contributed by atoms with Gasteiger partial charge in [-0.1, -0.05) is 55.8 Å². The van der Waals surface area contributed by atoms with Crippen LogP contribution in [0.3, 0.4) is 0 Å². The van der Waals surface area contributed by atoms with Crippen molar-refractivity contribution in [2.24, 2.45) is 5.92 Å². The molecule has 0 aliphatic carbocycles. The van der Waals surface area contributed by atoms with Crippen molar-refractivity contribution in [2.45, 2.75) is 51.7 Å². The SMILES string of the molecule is CCC(CC)N1CCC(CNC(=O)[C@H](OC(=O)Nc2ccc(Cl)cc2)c2ccccc2)CC1. The summed E-state index contributed by atoms with van der Waals surface area (Å²) in [6.07, 6.45) is 2.75. The van der Waals surface area contributed by atoms with Crippen LogP contribution in [0.1, 0.15) is 51.2 Å². The summed E-state index contributed by atoms with van der Waals surface area (Å²) in [5.74, 6) is 0.119. The molecule has 2 aromatic rings. The minimum atomic E-state index is -1.02. The molecule has 1 saturated heterocycles. The topological polar surface area (TPSA) is 70.7 Å². The van der Waals surface area contributed by atoms with Gasteiger partial charge in [0, 0.05) is 28.9 Å². The predicted molar refractivity (Wildman–Crippen MR) is 132 cm³/mol. The van der Waals surface area contributed by atoms with Gasteiger partial charge in [-0.05, 0) is 69.0 Å². The minimum absolute atomic E-state index is 0.310. The van der Waals surface area contributed by atoms with E-state index < -0.39 is 12.2 Å². The lowest BCUT2D eigenvalue weighted by Crippen LogP contribution is -2.44. The number of rotatable bonds is 9. The minimum Gasteiger partial charge on any atom is -0.431 e. The molecule has 7 heteroatoms. The van der Waals surface area contributed by atoms with Crippen LogP contribution in [-0.2, 0) is 9.53 Å². The van der Waals surface area contributed by atoms with Crippen LogP contribution in [0.4, 0.5) is 10.5 Å². The number of likely N-dealkylation sites (tertiary alicyclic amines) is 1. The highest BCUT2D eigenvalue weighted by molar-refractivity contribution is 6.30. The third-order valence-corrected chi connectivity index (χ3v) is 6.58. The van der Waals surface area contributed by atoms with Crippen LogP contribution >= 0.6 is 11.6 Å². The van der Waals surface area contributed by atoms with Gasteiger partial charge < -0.3 is 15.0 Å². The quantitative estimate of drug-likeness (QED) is 0.496. The second-order valence-electron chi connectivity index (χ2n) is 8.52. The lowest BCUT2D eigenvalue weighted by molar-refractivity contribution is -0.129. The Kier molecular flexibility index (Phi) is 9.58. The fourth-order valence-electron chi connectivity index (χ4n) is 4.35. The lowest BCUT2D eigenvalue weighted by Gasteiger charge is -2.37. The predicted octanol–water partition coefficient (Wildman–Crippen LogP) is 5.65. The first-order chi connectivity index (χ1) is 16.0. The van der Waals surface area contributed by atoms with Crippen molar-refractivity contribution in [1.29, 1.82) is 0 Å². The molecule has 178 valence electrons. The smallest absolute Gasteiger partial charge is 0.412 e. The van der Waals surface area contributed by atoms with E-state index in [1.54, 1.807) is 36.4 Å². The number of benzene rings is 2. The average molecular weight is 472 g/mol. The Bertz CT molecular complexity index is 879. The first kappa shape index (κ1) is 25.1. The Morgan fingerprint density at radius 2 is 1.67 bits per heavy atom. The van der Waals surface area contributed by atoms with Crippen LogP contribution in [0, 0.1) is 5.92 Å². The van der Waals surface area contributed by atoms with E-state index in [2.05, 4.69) is 29.4 Å². The van der Waals surface area contributed by atoms with Crippen molar-refractivity contribution >= 4 is 29.3 Å². The van der Waals surface area contributed by atoms with Crippen LogP contribution < -0.4 is 10.6 Å². The molecular weight excluding hydrogens is 438 g/mol. The second kappa shape index (κ2) is 12.6. The number of ether oxygens (including phenoxy) is 1. The highest BCUT2D eigenvalue weighted by Gasteiger charge is 2.27. The summed E-state index contributed by atoms with van der Waals surface area (Å²) >= 11 is 5.89. The van der Waals surface area contributed by atoms with Crippen molar-refractivity contribution in [2.75, 3.05) is 25.0 Å². The highest BCUT2D eigenvalue weighted by Crippen LogP contribution is 2.23. The molecule has 1 fully saturated rings. The Morgan fingerprint density at radius 3 is 2.27 bits per heavy atom. The van der Waals surface area contributed by atoms with Crippen LogP contribution in [0.15, 0.2) is 54.6 Å². The molecule has 33 heavy (non-hydrogen) atoms. The maximum atomic E-state index is 13.0. The molecule has 1 heterocycles. The molecule has 1 aliphatic rings. The third-order valence-electron chi connectivity index (χ3n) is 6.33. The van der Waals surface area contributed by atoms with E-state index in [1.165, 1.54) is 12.8 Å². The Morgan fingerprint density at radius 1 is 1.03 bits per heavy atom. The van der Waals surface area contributed by atoms with E-state index in [1.807, 2.05) is 18.2 Å². The summed E-state index contributed by atoms with van der Waals surface area (Å²) in [7, 11) is 0. The van der Waals surface area contributed by atoms with Crippen molar-refractivity contribution < 1.29 is 14.3 Å². The Labute approximate surface area is 201 Å². The van der Waals surface area contributed by atoms with E-state index in [0.717, 1.165) is 25.9 Å². The van der Waals surface area contributed by atoms with Crippen molar-refractivity contribution in [3.05, 3.63) is 65.2 Å². The molecule has 0 spiro atoms. The van der Waals surface area contributed by atoms with Crippen LogP contribution in [-0.4, -0.2) is 42.6 Å². The number of halogens is 1. The Balaban J connectivity index is 1.56. The second-order valence-corrected chi connectivity index (χ2v) is 8.96. The molecule has 1 aliphatic heterocycles. The standard InChI is InChI=1S/C26H34ClN3O3/c1-3-23(4-2)30-16-14-19(15-17-30)18-28-25(31)24(20-8-6-5-7-9-20)33-26(32)29-22-12-10-21(27)11-13-22/h5-13,19,23-24H,3-4,14-18H2,1-2H3,(H,28,31)(H,29,32)/t24-/m1/s1. The molecule has 0 saturated carbocycles. The van der Waals surface area contributed by atoms with E-state index in [0.29, 0.717) is 34.8 Å². The van der Waals surface area contributed by atoms with Crippen LogP contribution in [0.25, 0.3) is 0 Å². The average Bonchev–Trinajstić information content (AvgIpc) is 2.84. The summed E-state index contributed by atoms with van der Waals surface area (Å²) in [5.41, 5.74) is 1.17. The van der Waals surface area contributed by atoms with Crippen LogP contribution in [0.2, 0.25) is 5.02 Å². The van der Waals surface area contributed by atoms with Crippen molar-refractivity contribution in [3.8, 4) is 0 Å². The summed E-state index contributed by atoms with van der Waals surface area (Å²) < 4.78 is 5.55. The zero-order chi connectivity index (χ0) is 23.6. The zero-order valence-electron chi connectivity index (χ0n) is 19.4. The van der Waals surface area contributed by atoms with E-state index in [9.17, 15) is 9.59 Å². The van der Waals surface area contributed by atoms with Gasteiger partial charge in [-0.3, -0.25) is 10.1 Å². The molecular formula is C26H34ClN3O3. The number of hydrogen-bond donors (Lipinski definition) is 2. The molecule has 2 N–H and O–H groups in total. The molecule has 1 atom stereocenters. The molecule has 0 aromatic heterocycles. The summed E-state index contributed by atoms with van der Waals surface area (Å²) in [6.45, 7) is 7.20. The van der Waals surface area contributed by atoms with Gasteiger partial charge in [-0.25, -0.2) is 4.79 Å². The number of carbonyl (C=O) groups is 2. The van der Waals surface area contributed by atoms with Gasteiger partial charge in [0.1, 0.15) is 0 Å². The van der Waals surface area contributed by atoms with Crippen LogP contribution in [0.5, 0.6) is 0 Å². The van der Waals surface area contributed by atoms with Gasteiger partial charge in [-0.15, -0.1) is 0 Å². The fraction of sp³-hybridized carbons (Fsp3) is 0.462. The molecule has 0 bridgehead atoms. The normalized spacial score (nSPS) is 15.8. The van der Waals surface area contributed by atoms with Crippen molar-refractivity contribution in [1.82, 2.24) is 10.2 Å². The number of piperidine rings is 1. The first-order valence-electron chi connectivity index (χ1n) is 11.8.